The van der Waals surface area contributed by atoms with Gasteiger partial charge in [0.1, 0.15) is 15.8 Å². The lowest BCUT2D eigenvalue weighted by molar-refractivity contribution is -0.123. The van der Waals surface area contributed by atoms with Gasteiger partial charge in [-0.05, 0) is 31.5 Å². The molecule has 1 amide bonds. The first-order valence-electron chi connectivity index (χ1n) is 8.47. The summed E-state index contributed by atoms with van der Waals surface area (Å²) in [6.07, 6.45) is 2.10. The zero-order valence-corrected chi connectivity index (χ0v) is 17.0. The van der Waals surface area contributed by atoms with Gasteiger partial charge in [0.15, 0.2) is 9.84 Å². The first-order chi connectivity index (χ1) is 12.8. The number of rotatable bonds is 3. The molecule has 1 atom stereocenters. The number of furan rings is 1. The zero-order valence-electron chi connectivity index (χ0n) is 14.5. The summed E-state index contributed by atoms with van der Waals surface area (Å²) in [5.74, 6) is 1.12. The number of thiocarbonyl (C=S) groups is 1. The monoisotopic (exact) mass is 419 g/mol. The second-order valence-corrected chi connectivity index (χ2v) is 10.6. The van der Waals surface area contributed by atoms with Gasteiger partial charge in [0.2, 0.25) is 0 Å². The number of hydrogen-bond acceptors (Lipinski definition) is 6. The van der Waals surface area contributed by atoms with Crippen molar-refractivity contribution >= 4 is 50.1 Å². The topological polar surface area (TPSA) is 67.6 Å². The highest BCUT2D eigenvalue weighted by Crippen LogP contribution is 2.36. The molecule has 140 valence electrons. The molecule has 1 aromatic heterocycles. The number of nitrogens with zero attached hydrogens (tertiary/aromatic N) is 1. The summed E-state index contributed by atoms with van der Waals surface area (Å²) in [4.78, 5) is 14.7. The van der Waals surface area contributed by atoms with Gasteiger partial charge in [-0.1, -0.05) is 47.7 Å². The van der Waals surface area contributed by atoms with E-state index in [4.69, 9.17) is 16.6 Å². The summed E-state index contributed by atoms with van der Waals surface area (Å²) in [5, 5.41) is 0. The van der Waals surface area contributed by atoms with E-state index in [-0.39, 0.29) is 23.5 Å². The molecule has 0 aliphatic carbocycles. The van der Waals surface area contributed by atoms with Crippen LogP contribution < -0.4 is 0 Å². The van der Waals surface area contributed by atoms with Crippen LogP contribution in [0.4, 0.5) is 0 Å². The molecule has 27 heavy (non-hydrogen) atoms. The van der Waals surface area contributed by atoms with Crippen molar-refractivity contribution in [1.82, 2.24) is 4.90 Å². The van der Waals surface area contributed by atoms with Crippen LogP contribution >= 0.6 is 24.0 Å². The Morgan fingerprint density at radius 2 is 2.11 bits per heavy atom. The van der Waals surface area contributed by atoms with Crippen LogP contribution in [0.2, 0.25) is 0 Å². The maximum atomic E-state index is 12.8. The average Bonchev–Trinajstić information content (AvgIpc) is 3.27. The zero-order chi connectivity index (χ0) is 19.2. The summed E-state index contributed by atoms with van der Waals surface area (Å²) < 4.78 is 29.7. The lowest BCUT2D eigenvalue weighted by Gasteiger charge is -2.20. The van der Waals surface area contributed by atoms with Gasteiger partial charge in [-0.2, -0.15) is 0 Å². The van der Waals surface area contributed by atoms with Crippen LogP contribution in [0.3, 0.4) is 0 Å². The van der Waals surface area contributed by atoms with Gasteiger partial charge in [0.05, 0.1) is 22.5 Å². The minimum atomic E-state index is -3.09. The summed E-state index contributed by atoms with van der Waals surface area (Å²) in [6, 6.07) is 11.3. The van der Waals surface area contributed by atoms with Crippen molar-refractivity contribution in [1.29, 1.82) is 0 Å². The first kappa shape index (κ1) is 18.5. The maximum Gasteiger partial charge on any atom is 0.266 e. The standard InChI is InChI=1S/C19H17NO4S3/c1-12-3-2-4-13(9-12)16-6-5-15(24-16)10-17-18(21)20(19(25)26-17)14-7-8-27(22,23)11-14/h2-6,9-10,14H,7-8,11H2,1H3/b17-10+. The van der Waals surface area contributed by atoms with Gasteiger partial charge in [0, 0.05) is 11.6 Å². The molecule has 3 heterocycles. The van der Waals surface area contributed by atoms with E-state index in [0.717, 1.165) is 16.9 Å². The predicted octanol–water partition coefficient (Wildman–Crippen LogP) is 3.64. The van der Waals surface area contributed by atoms with Crippen molar-refractivity contribution < 1.29 is 17.6 Å². The van der Waals surface area contributed by atoms with Crippen LogP contribution in [0, 0.1) is 6.92 Å². The molecule has 2 saturated heterocycles. The molecule has 0 N–H and O–H groups in total. The minimum absolute atomic E-state index is 0.0228. The number of aryl methyl sites for hydroxylation is 1. The van der Waals surface area contributed by atoms with Crippen molar-refractivity contribution in [2.75, 3.05) is 11.5 Å². The molecule has 1 unspecified atom stereocenters. The highest BCUT2D eigenvalue weighted by atomic mass is 32.2. The first-order valence-corrected chi connectivity index (χ1v) is 11.5. The SMILES string of the molecule is Cc1cccc(-c2ccc(/C=C3/SC(=S)N(C4CCS(=O)(=O)C4)C3=O)o2)c1. The second-order valence-electron chi connectivity index (χ2n) is 6.68. The lowest BCUT2D eigenvalue weighted by Crippen LogP contribution is -2.39. The fourth-order valence-corrected chi connectivity index (χ4v) is 6.37. The van der Waals surface area contributed by atoms with Gasteiger partial charge in [-0.25, -0.2) is 8.42 Å². The average molecular weight is 420 g/mol. The molecule has 2 fully saturated rings. The molecule has 2 aliphatic rings. The summed E-state index contributed by atoms with van der Waals surface area (Å²) in [6.45, 7) is 2.02. The van der Waals surface area contributed by atoms with Crippen LogP contribution in [-0.4, -0.2) is 41.1 Å². The van der Waals surface area contributed by atoms with Gasteiger partial charge >= 0.3 is 0 Å². The quantitative estimate of drug-likeness (QED) is 0.559. The Morgan fingerprint density at radius 1 is 1.30 bits per heavy atom. The molecule has 2 aliphatic heterocycles. The molecule has 4 rings (SSSR count). The Balaban J connectivity index is 1.57. The highest BCUT2D eigenvalue weighted by Gasteiger charge is 2.42. The van der Waals surface area contributed by atoms with Crippen LogP contribution in [0.5, 0.6) is 0 Å². The molecule has 0 bridgehead atoms. The normalized spacial score (nSPS) is 23.5. The van der Waals surface area contributed by atoms with Gasteiger partial charge < -0.3 is 4.42 Å². The third-order valence-corrected chi connectivity index (χ3v) is 7.68. The summed E-state index contributed by atoms with van der Waals surface area (Å²) in [7, 11) is -3.09. The molecular weight excluding hydrogens is 402 g/mol. The number of amides is 1. The molecule has 8 heteroatoms. The van der Waals surface area contributed by atoms with Crippen molar-refractivity contribution in [3.8, 4) is 11.3 Å². The number of thioether (sulfide) groups is 1. The summed E-state index contributed by atoms with van der Waals surface area (Å²) in [5.41, 5.74) is 2.11. The van der Waals surface area contributed by atoms with E-state index in [9.17, 15) is 13.2 Å². The van der Waals surface area contributed by atoms with Gasteiger partial charge in [-0.15, -0.1) is 0 Å². The number of carbonyl (C=O) groups is 1. The number of benzene rings is 1. The van der Waals surface area contributed by atoms with E-state index in [1.807, 2.05) is 43.3 Å². The number of hydrogen-bond donors (Lipinski definition) is 0. The van der Waals surface area contributed by atoms with Crippen LogP contribution in [0.15, 0.2) is 45.7 Å². The number of carbonyl (C=O) groups excluding carboxylic acids is 1. The Hall–Kier alpha value is -1.90. The van der Waals surface area contributed by atoms with Crippen molar-refractivity contribution in [3.63, 3.8) is 0 Å². The Bertz CT molecular complexity index is 1070. The third kappa shape index (κ3) is 3.74. The smallest absolute Gasteiger partial charge is 0.266 e. The van der Waals surface area contributed by atoms with E-state index in [1.165, 1.54) is 16.7 Å². The molecule has 0 radical (unpaired) electrons. The fraction of sp³-hybridized carbons (Fsp3) is 0.263. The molecule has 0 saturated carbocycles. The molecule has 0 spiro atoms. The predicted molar refractivity (Wildman–Crippen MR) is 111 cm³/mol. The van der Waals surface area contributed by atoms with Crippen molar-refractivity contribution in [2.24, 2.45) is 0 Å². The Labute approximate surface area is 167 Å². The Kier molecular flexibility index (Phi) is 4.73. The molecular formula is C19H17NO4S3. The third-order valence-electron chi connectivity index (χ3n) is 4.60. The maximum absolute atomic E-state index is 12.8. The number of sulfone groups is 1. The van der Waals surface area contributed by atoms with E-state index < -0.39 is 9.84 Å². The Morgan fingerprint density at radius 3 is 2.81 bits per heavy atom. The molecule has 2 aromatic rings. The van der Waals surface area contributed by atoms with Crippen molar-refractivity contribution in [3.05, 3.63) is 52.6 Å². The van der Waals surface area contributed by atoms with E-state index in [0.29, 0.717) is 21.4 Å². The van der Waals surface area contributed by atoms with Gasteiger partial charge in [0.25, 0.3) is 5.91 Å². The van der Waals surface area contributed by atoms with E-state index in [1.54, 1.807) is 6.08 Å². The molecule has 5 nitrogen and oxygen atoms in total. The largest absolute Gasteiger partial charge is 0.457 e. The van der Waals surface area contributed by atoms with Crippen LogP contribution in [-0.2, 0) is 14.6 Å². The van der Waals surface area contributed by atoms with Crippen LogP contribution in [0.25, 0.3) is 17.4 Å². The van der Waals surface area contributed by atoms with E-state index >= 15 is 0 Å². The minimum Gasteiger partial charge on any atom is -0.457 e. The second kappa shape index (κ2) is 6.92. The van der Waals surface area contributed by atoms with Gasteiger partial charge in [-0.3, -0.25) is 9.69 Å². The van der Waals surface area contributed by atoms with E-state index in [2.05, 4.69) is 0 Å². The highest BCUT2D eigenvalue weighted by molar-refractivity contribution is 8.26. The molecule has 1 aromatic carbocycles. The van der Waals surface area contributed by atoms with Crippen LogP contribution in [0.1, 0.15) is 17.7 Å². The summed E-state index contributed by atoms with van der Waals surface area (Å²) >= 11 is 6.51. The van der Waals surface area contributed by atoms with Crippen molar-refractivity contribution in [2.45, 2.75) is 19.4 Å². The fourth-order valence-electron chi connectivity index (χ4n) is 3.29. The lowest BCUT2D eigenvalue weighted by atomic mass is 10.1.